The summed E-state index contributed by atoms with van der Waals surface area (Å²) in [5, 5.41) is 0. The molecule has 0 amide bonds. The van der Waals surface area contributed by atoms with Crippen LogP contribution in [0.15, 0.2) is 0 Å². The van der Waals surface area contributed by atoms with Crippen LogP contribution in [-0.2, 0) is 82.6 Å². The summed E-state index contributed by atoms with van der Waals surface area (Å²) in [7, 11) is 1.78. The van der Waals surface area contributed by atoms with Gasteiger partial charge < -0.3 is 9.05 Å². The molecule has 0 aromatic heterocycles. The number of hydrogen-bond donors (Lipinski definition) is 0. The van der Waals surface area contributed by atoms with E-state index in [0.717, 1.165) is 0 Å². The molecule has 0 saturated carbocycles. The van der Waals surface area contributed by atoms with Gasteiger partial charge in [0.25, 0.3) is 0 Å². The zero-order valence-electron chi connectivity index (χ0n) is 14.5. The molecule has 0 aliphatic carbocycles. The predicted octanol–water partition coefficient (Wildman–Crippen LogP) is 2.73. The summed E-state index contributed by atoms with van der Waals surface area (Å²) in [6.07, 6.45) is 0. The maximum absolute atomic E-state index is 10.7. The molecule has 15 heteroatoms. The Kier molecular flexibility index (Phi) is 27.7. The Labute approximate surface area is 163 Å². The minimum atomic E-state index is -3.16. The van der Waals surface area contributed by atoms with Gasteiger partial charge in [0, 0.05) is 89.6 Å². The third kappa shape index (κ3) is 19.6. The van der Waals surface area contributed by atoms with Crippen molar-refractivity contribution < 1.29 is 82.6 Å². The molecule has 0 saturated heterocycles. The molecule has 1 radical (unpaired) electrons. The van der Waals surface area contributed by atoms with Gasteiger partial charge in [0.15, 0.2) is 0 Å². The maximum atomic E-state index is 10.7. The average Bonchev–Trinajstić information content (AvgIpc) is 2.60. The third-order valence-electron chi connectivity index (χ3n) is 1.67. The molecule has 0 aromatic rings. The fourth-order valence-electron chi connectivity index (χ4n) is 0.531. The van der Waals surface area contributed by atoms with E-state index in [2.05, 4.69) is 36.2 Å². The Hall–Kier alpha value is 1.47. The first-order valence-corrected chi connectivity index (χ1v) is 9.48. The molecule has 0 aliphatic heterocycles. The molecule has 0 fully saturated rings. The van der Waals surface area contributed by atoms with Crippen LogP contribution in [-0.4, -0.2) is 56.9 Å². The van der Waals surface area contributed by atoms with E-state index in [-0.39, 0.29) is 32.7 Å². The second kappa shape index (κ2) is 19.8. The van der Waals surface area contributed by atoms with E-state index in [9.17, 15) is 13.7 Å². The second-order valence-electron chi connectivity index (χ2n) is 2.65. The minimum absolute atomic E-state index is 0. The van der Waals surface area contributed by atoms with Gasteiger partial charge in [-0.25, -0.2) is 9.13 Å². The molecule has 0 aliphatic rings. The van der Waals surface area contributed by atoms with Crippen molar-refractivity contribution in [1.82, 2.24) is 0 Å². The Bertz CT molecular complexity index is 297. The van der Waals surface area contributed by atoms with E-state index in [4.69, 9.17) is 0 Å². The second-order valence-corrected chi connectivity index (χ2v) is 7.94. The Morgan fingerprint density at radius 1 is 0.565 bits per heavy atom. The molecule has 0 N–H and O–H groups in total. The summed E-state index contributed by atoms with van der Waals surface area (Å²) < 4.78 is 65.8. The Balaban J connectivity index is -0.000000117. The van der Waals surface area contributed by atoms with Gasteiger partial charge in [-0.15, -0.1) is 0 Å². The molecule has 0 atom stereocenters. The van der Waals surface area contributed by atoms with Gasteiger partial charge in [0.2, 0.25) is 0 Å². The van der Waals surface area contributed by atoms with Crippen LogP contribution in [0, 0.1) is 0 Å². The molecule has 0 unspecified atom stereocenters. The Morgan fingerprint density at radius 3 is 0.739 bits per heavy atom. The summed E-state index contributed by atoms with van der Waals surface area (Å²) in [6.45, 7) is 0. The molecule has 0 bridgehead atoms. The molecule has 0 heterocycles. The summed E-state index contributed by atoms with van der Waals surface area (Å²) >= 11 is 0. The molecule has 11 nitrogen and oxygen atoms in total. The third-order valence-corrected chi connectivity index (χ3v) is 5.02. The number of phosphoric ester groups is 2. The van der Waals surface area contributed by atoms with Crippen molar-refractivity contribution in [2.45, 2.75) is 0 Å². The fraction of sp³-hybridized carbons (Fsp3) is 1.00. The smallest absolute Gasteiger partial charge is 0.314 e. The molecular weight excluding hydrogens is 454 g/mol. The van der Waals surface area contributed by atoms with Gasteiger partial charge >= 0.3 is 23.9 Å². The normalized spacial score (nSPS) is 10.8. The first-order chi connectivity index (χ1) is 10.2. The summed E-state index contributed by atoms with van der Waals surface area (Å²) in [5.41, 5.74) is 0. The quantitative estimate of drug-likeness (QED) is 0.478. The van der Waals surface area contributed by atoms with Gasteiger partial charge in [0.05, 0.1) is 0 Å². The largest absolute Gasteiger partial charge is 0.473 e. The van der Waals surface area contributed by atoms with Crippen molar-refractivity contribution >= 4 is 23.9 Å². The van der Waals surface area contributed by atoms with Crippen molar-refractivity contribution in [3.8, 4) is 0 Å². The molecule has 0 aromatic carbocycles. The van der Waals surface area contributed by atoms with Gasteiger partial charge in [-0.2, -0.15) is 0 Å². The molecular formula is C8H25O11P3Y. The summed E-state index contributed by atoms with van der Waals surface area (Å²) in [4.78, 5) is 0. The van der Waals surface area contributed by atoms with E-state index >= 15 is 0 Å². The van der Waals surface area contributed by atoms with Gasteiger partial charge in [0.1, 0.15) is 0 Å². The number of phosphoric acid groups is 2. The van der Waals surface area contributed by atoms with E-state index in [1.807, 2.05) is 0 Å². The van der Waals surface area contributed by atoms with E-state index in [0.29, 0.717) is 0 Å². The first-order valence-electron chi connectivity index (χ1n) is 5.34. The van der Waals surface area contributed by atoms with Crippen molar-refractivity contribution in [2.24, 2.45) is 0 Å². The van der Waals surface area contributed by atoms with Crippen LogP contribution in [0.5, 0.6) is 0 Å². The zero-order valence-corrected chi connectivity index (χ0v) is 20.1. The average molecular weight is 479 g/mol. The monoisotopic (exact) mass is 479 g/mol. The molecule has 0 rings (SSSR count). The van der Waals surface area contributed by atoms with Crippen molar-refractivity contribution in [2.75, 3.05) is 56.9 Å². The van der Waals surface area contributed by atoms with E-state index in [1.165, 1.54) is 56.9 Å². The Morgan fingerprint density at radius 2 is 0.739 bits per heavy atom. The molecule has 0 spiro atoms. The van der Waals surface area contributed by atoms with Crippen molar-refractivity contribution in [3.05, 3.63) is 0 Å². The van der Waals surface area contributed by atoms with Crippen LogP contribution in [0.2, 0.25) is 0 Å². The topological polar surface area (TPSA) is 125 Å². The maximum Gasteiger partial charge on any atom is 0.473 e. The predicted molar refractivity (Wildman–Crippen MR) is 80.3 cm³/mol. The van der Waals surface area contributed by atoms with Crippen LogP contribution >= 0.6 is 23.9 Å². The van der Waals surface area contributed by atoms with Crippen LogP contribution in [0.25, 0.3) is 0 Å². The SMILES string of the molecule is COP(=O)(OC)OC.COP(=O)(OC)OC.CO[PH](=O)OC.[Y]. The van der Waals surface area contributed by atoms with Crippen LogP contribution in [0.3, 0.4) is 0 Å². The minimum Gasteiger partial charge on any atom is -0.314 e. The standard InChI is InChI=1S/2C3H9O4P.C2H7O3P.Y/c2*1-5-8(4,6-2)7-3;1-4-6(3)5-2;/h2*1-3H3;6H,1-2H3;. The van der Waals surface area contributed by atoms with Crippen molar-refractivity contribution in [3.63, 3.8) is 0 Å². The van der Waals surface area contributed by atoms with Crippen molar-refractivity contribution in [1.29, 1.82) is 0 Å². The van der Waals surface area contributed by atoms with Gasteiger partial charge in [-0.05, 0) is 0 Å². The van der Waals surface area contributed by atoms with E-state index < -0.39 is 23.9 Å². The van der Waals surface area contributed by atoms with Crippen LogP contribution in [0.4, 0.5) is 0 Å². The van der Waals surface area contributed by atoms with Gasteiger partial charge in [-0.3, -0.25) is 31.7 Å². The van der Waals surface area contributed by atoms with Crippen LogP contribution < -0.4 is 0 Å². The molecule has 141 valence electrons. The summed E-state index contributed by atoms with van der Waals surface area (Å²) in [6, 6.07) is 0. The van der Waals surface area contributed by atoms with E-state index in [1.54, 1.807) is 0 Å². The zero-order chi connectivity index (χ0) is 18.2. The number of rotatable bonds is 8. The first kappa shape index (κ1) is 32.2. The summed E-state index contributed by atoms with van der Waals surface area (Å²) in [5.74, 6) is 0. The van der Waals surface area contributed by atoms with Gasteiger partial charge in [-0.1, -0.05) is 0 Å². The fourth-order valence-corrected chi connectivity index (χ4v) is 1.59. The number of hydrogen-bond acceptors (Lipinski definition) is 11. The molecule has 23 heavy (non-hydrogen) atoms. The van der Waals surface area contributed by atoms with Crippen LogP contribution in [0.1, 0.15) is 0 Å².